The Kier molecular flexibility index (Phi) is 5.59. The summed E-state index contributed by atoms with van der Waals surface area (Å²) in [6, 6.07) is 4.62. The van der Waals surface area contributed by atoms with Crippen molar-refractivity contribution >= 4 is 17.1 Å². The van der Waals surface area contributed by atoms with E-state index < -0.39 is 0 Å². The minimum absolute atomic E-state index is 0.306. The summed E-state index contributed by atoms with van der Waals surface area (Å²) in [6.45, 7) is 3.41. The van der Waals surface area contributed by atoms with Crippen molar-refractivity contribution in [2.75, 3.05) is 13.6 Å². The van der Waals surface area contributed by atoms with Gasteiger partial charge in [0.05, 0.1) is 4.88 Å². The Balaban J connectivity index is 1.66. The molecule has 0 spiro atoms. The van der Waals surface area contributed by atoms with Gasteiger partial charge in [-0.1, -0.05) is 13.0 Å². The fourth-order valence-corrected chi connectivity index (χ4v) is 3.61. The second-order valence-corrected chi connectivity index (χ2v) is 6.85. The molecule has 0 N–H and O–H groups in total. The first-order chi connectivity index (χ1) is 9.16. The minimum atomic E-state index is 0.306. The normalized spacial score (nSPS) is 23.7. The molecular formula is C16H25NOS. The van der Waals surface area contributed by atoms with E-state index in [0.29, 0.717) is 12.2 Å². The standard InChI is InChI=1S/C16H25NOS/c1-13-7-9-14(10-8-13)17(2)11-3-5-15(18)16-6-4-12-19-16/h4,6,12-14H,3,5,7-11H2,1-2H3. The lowest BCUT2D eigenvalue weighted by Crippen LogP contribution is -2.35. The van der Waals surface area contributed by atoms with Gasteiger partial charge in [0.1, 0.15) is 0 Å². The van der Waals surface area contributed by atoms with E-state index in [4.69, 9.17) is 0 Å². The van der Waals surface area contributed by atoms with Gasteiger partial charge in [-0.25, -0.2) is 0 Å². The number of carbonyl (C=O) groups excluding carboxylic acids is 1. The van der Waals surface area contributed by atoms with Crippen molar-refractivity contribution in [3.63, 3.8) is 0 Å². The molecule has 0 radical (unpaired) electrons. The largest absolute Gasteiger partial charge is 0.303 e. The summed E-state index contributed by atoms with van der Waals surface area (Å²) in [7, 11) is 2.22. The van der Waals surface area contributed by atoms with Gasteiger partial charge in [0.15, 0.2) is 5.78 Å². The van der Waals surface area contributed by atoms with Gasteiger partial charge in [0.2, 0.25) is 0 Å². The zero-order valence-corrected chi connectivity index (χ0v) is 12.9. The maximum atomic E-state index is 11.9. The van der Waals surface area contributed by atoms with E-state index in [-0.39, 0.29) is 0 Å². The highest BCUT2D eigenvalue weighted by Gasteiger charge is 2.21. The zero-order valence-electron chi connectivity index (χ0n) is 12.1. The van der Waals surface area contributed by atoms with Crippen LogP contribution in [0.15, 0.2) is 17.5 Å². The van der Waals surface area contributed by atoms with Gasteiger partial charge in [-0.2, -0.15) is 0 Å². The maximum Gasteiger partial charge on any atom is 0.172 e. The number of rotatable bonds is 6. The van der Waals surface area contributed by atoms with E-state index in [1.807, 2.05) is 17.5 Å². The second-order valence-electron chi connectivity index (χ2n) is 5.90. The fourth-order valence-electron chi connectivity index (χ4n) is 2.92. The molecule has 2 rings (SSSR count). The van der Waals surface area contributed by atoms with Gasteiger partial charge in [-0.3, -0.25) is 4.79 Å². The van der Waals surface area contributed by atoms with Crippen molar-refractivity contribution in [2.24, 2.45) is 5.92 Å². The molecule has 0 atom stereocenters. The highest BCUT2D eigenvalue weighted by molar-refractivity contribution is 7.12. The van der Waals surface area contributed by atoms with Gasteiger partial charge in [-0.15, -0.1) is 11.3 Å². The Labute approximate surface area is 120 Å². The van der Waals surface area contributed by atoms with Crippen LogP contribution in [0.1, 0.15) is 55.1 Å². The van der Waals surface area contributed by atoms with E-state index in [2.05, 4.69) is 18.9 Å². The molecule has 0 bridgehead atoms. The molecule has 1 aliphatic rings. The summed E-state index contributed by atoms with van der Waals surface area (Å²) in [5.74, 6) is 1.21. The summed E-state index contributed by atoms with van der Waals surface area (Å²) in [5, 5.41) is 1.97. The molecule has 1 aliphatic carbocycles. The molecule has 0 aliphatic heterocycles. The van der Waals surface area contributed by atoms with Crippen LogP contribution in [0.5, 0.6) is 0 Å². The molecule has 106 valence electrons. The van der Waals surface area contributed by atoms with Crippen LogP contribution in [0.4, 0.5) is 0 Å². The van der Waals surface area contributed by atoms with Crippen molar-refractivity contribution in [1.82, 2.24) is 4.90 Å². The molecule has 3 heteroatoms. The van der Waals surface area contributed by atoms with Gasteiger partial charge in [0, 0.05) is 12.5 Å². The summed E-state index contributed by atoms with van der Waals surface area (Å²) >= 11 is 1.56. The Morgan fingerprint density at radius 2 is 2.11 bits per heavy atom. The van der Waals surface area contributed by atoms with Crippen molar-refractivity contribution in [1.29, 1.82) is 0 Å². The fraction of sp³-hybridized carbons (Fsp3) is 0.688. The third-order valence-corrected chi connectivity index (χ3v) is 5.23. The predicted molar refractivity (Wildman–Crippen MR) is 81.9 cm³/mol. The first kappa shape index (κ1) is 14.7. The SMILES string of the molecule is CC1CCC(N(C)CCCC(=O)c2cccs2)CC1. The van der Waals surface area contributed by atoms with Crippen molar-refractivity contribution in [2.45, 2.75) is 51.5 Å². The molecule has 1 fully saturated rings. The maximum absolute atomic E-state index is 11.9. The Hall–Kier alpha value is -0.670. The van der Waals surface area contributed by atoms with Crippen molar-refractivity contribution in [3.05, 3.63) is 22.4 Å². The molecule has 0 unspecified atom stereocenters. The number of hydrogen-bond donors (Lipinski definition) is 0. The molecule has 0 aromatic carbocycles. The Morgan fingerprint density at radius 3 is 2.74 bits per heavy atom. The summed E-state index contributed by atoms with van der Waals surface area (Å²) in [4.78, 5) is 15.3. The summed E-state index contributed by atoms with van der Waals surface area (Å²) in [5.41, 5.74) is 0. The van der Waals surface area contributed by atoms with Gasteiger partial charge in [0.25, 0.3) is 0 Å². The van der Waals surface area contributed by atoms with Crippen LogP contribution in [-0.2, 0) is 0 Å². The van der Waals surface area contributed by atoms with E-state index in [1.54, 1.807) is 11.3 Å². The average molecular weight is 279 g/mol. The minimum Gasteiger partial charge on any atom is -0.303 e. The molecule has 1 aromatic heterocycles. The van der Waals surface area contributed by atoms with Crippen LogP contribution in [0.25, 0.3) is 0 Å². The van der Waals surface area contributed by atoms with Crippen LogP contribution in [-0.4, -0.2) is 30.3 Å². The lowest BCUT2D eigenvalue weighted by atomic mass is 9.87. The average Bonchev–Trinajstić information content (AvgIpc) is 2.93. The van der Waals surface area contributed by atoms with E-state index in [1.165, 1.54) is 25.7 Å². The number of Topliss-reactive ketones (excluding diaryl/α,β-unsaturated/α-hetero) is 1. The van der Waals surface area contributed by atoms with E-state index in [0.717, 1.165) is 29.8 Å². The predicted octanol–water partition coefficient (Wildman–Crippen LogP) is 4.22. The van der Waals surface area contributed by atoms with Gasteiger partial charge >= 0.3 is 0 Å². The van der Waals surface area contributed by atoms with Crippen molar-refractivity contribution in [3.8, 4) is 0 Å². The van der Waals surface area contributed by atoms with Crippen LogP contribution in [0, 0.1) is 5.92 Å². The third kappa shape index (κ3) is 4.43. The monoisotopic (exact) mass is 279 g/mol. The zero-order chi connectivity index (χ0) is 13.7. The molecule has 1 aromatic rings. The smallest absolute Gasteiger partial charge is 0.172 e. The molecule has 19 heavy (non-hydrogen) atoms. The van der Waals surface area contributed by atoms with Crippen LogP contribution >= 0.6 is 11.3 Å². The second kappa shape index (κ2) is 7.20. The molecular weight excluding hydrogens is 254 g/mol. The summed E-state index contributed by atoms with van der Waals surface area (Å²) < 4.78 is 0. The number of ketones is 1. The topological polar surface area (TPSA) is 20.3 Å². The number of hydrogen-bond acceptors (Lipinski definition) is 3. The number of nitrogens with zero attached hydrogens (tertiary/aromatic N) is 1. The lowest BCUT2D eigenvalue weighted by Gasteiger charge is -2.33. The Bertz CT molecular complexity index is 379. The quantitative estimate of drug-likeness (QED) is 0.727. The van der Waals surface area contributed by atoms with E-state index >= 15 is 0 Å². The first-order valence-corrected chi connectivity index (χ1v) is 8.31. The number of carbonyl (C=O) groups is 1. The van der Waals surface area contributed by atoms with E-state index in [9.17, 15) is 4.79 Å². The highest BCUT2D eigenvalue weighted by Crippen LogP contribution is 2.26. The molecule has 2 nitrogen and oxygen atoms in total. The van der Waals surface area contributed by atoms with Crippen molar-refractivity contribution < 1.29 is 4.79 Å². The molecule has 1 saturated carbocycles. The van der Waals surface area contributed by atoms with Gasteiger partial charge in [-0.05, 0) is 63.1 Å². The molecule has 0 saturated heterocycles. The van der Waals surface area contributed by atoms with Gasteiger partial charge < -0.3 is 4.90 Å². The van der Waals surface area contributed by atoms with Crippen LogP contribution < -0.4 is 0 Å². The third-order valence-electron chi connectivity index (χ3n) is 4.32. The van der Waals surface area contributed by atoms with Crippen LogP contribution in [0.3, 0.4) is 0 Å². The Morgan fingerprint density at radius 1 is 1.37 bits per heavy atom. The first-order valence-electron chi connectivity index (χ1n) is 7.43. The molecule has 1 heterocycles. The lowest BCUT2D eigenvalue weighted by molar-refractivity contribution is 0.0973. The van der Waals surface area contributed by atoms with Crippen LogP contribution in [0.2, 0.25) is 0 Å². The number of thiophene rings is 1. The highest BCUT2D eigenvalue weighted by atomic mass is 32.1. The summed E-state index contributed by atoms with van der Waals surface area (Å²) in [6.07, 6.45) is 7.06. The molecule has 0 amide bonds.